The Morgan fingerprint density at radius 1 is 1.30 bits per heavy atom. The molecule has 0 saturated carbocycles. The monoisotopic (exact) mass is 285 g/mol. The minimum absolute atomic E-state index is 0.0708. The van der Waals surface area contributed by atoms with Crippen molar-refractivity contribution in [3.8, 4) is 5.75 Å². The van der Waals surface area contributed by atoms with E-state index in [4.69, 9.17) is 5.53 Å². The number of ether oxygens (including phenoxy) is 1. The molecule has 20 heavy (non-hydrogen) atoms. The summed E-state index contributed by atoms with van der Waals surface area (Å²) in [6, 6.07) is 3.57. The lowest BCUT2D eigenvalue weighted by atomic mass is 10.1. The van der Waals surface area contributed by atoms with Crippen LogP contribution in [0.3, 0.4) is 0 Å². The van der Waals surface area contributed by atoms with Gasteiger partial charge in [0.25, 0.3) is 0 Å². The van der Waals surface area contributed by atoms with E-state index in [9.17, 15) is 18.0 Å². The van der Waals surface area contributed by atoms with Crippen molar-refractivity contribution in [2.75, 3.05) is 6.54 Å². The number of aldehydes is 1. The number of alkyl halides is 3. The van der Waals surface area contributed by atoms with Gasteiger partial charge in [0.15, 0.2) is 0 Å². The Labute approximate surface area is 112 Å². The Balaban J connectivity index is 2.87. The number of carbonyl (C=O) groups excluding carboxylic acids is 1. The van der Waals surface area contributed by atoms with Gasteiger partial charge < -0.3 is 4.74 Å². The van der Waals surface area contributed by atoms with Crippen LogP contribution in [0.5, 0.6) is 5.75 Å². The van der Waals surface area contributed by atoms with Crippen LogP contribution in [0.4, 0.5) is 13.2 Å². The van der Waals surface area contributed by atoms with E-state index >= 15 is 0 Å². The van der Waals surface area contributed by atoms with Crippen molar-refractivity contribution >= 4 is 12.4 Å². The minimum atomic E-state index is -4.82. The zero-order valence-electron chi connectivity index (χ0n) is 10.2. The maximum atomic E-state index is 12.1. The van der Waals surface area contributed by atoms with E-state index in [1.807, 2.05) is 0 Å². The number of benzene rings is 1. The molecule has 0 fully saturated rings. The minimum Gasteiger partial charge on any atom is -0.406 e. The van der Waals surface area contributed by atoms with Crippen molar-refractivity contribution < 1.29 is 22.7 Å². The van der Waals surface area contributed by atoms with E-state index in [2.05, 4.69) is 14.8 Å². The van der Waals surface area contributed by atoms with Crippen LogP contribution in [0.1, 0.15) is 22.3 Å². The van der Waals surface area contributed by atoms with E-state index in [1.54, 1.807) is 6.08 Å². The number of hydrogen-bond donors (Lipinski definition) is 0. The summed E-state index contributed by atoms with van der Waals surface area (Å²) in [5.74, 6) is -0.461. The molecule has 1 aromatic rings. The quantitative estimate of drug-likeness (QED) is 0.259. The normalized spacial score (nSPS) is 11.2. The second-order valence-corrected chi connectivity index (χ2v) is 3.65. The van der Waals surface area contributed by atoms with E-state index in [0.29, 0.717) is 18.3 Å². The van der Waals surface area contributed by atoms with Crippen LogP contribution < -0.4 is 4.74 Å². The van der Waals surface area contributed by atoms with Crippen LogP contribution >= 0.6 is 0 Å². The number of halogens is 3. The maximum Gasteiger partial charge on any atom is 0.573 e. The highest BCUT2D eigenvalue weighted by Gasteiger charge is 2.31. The molecule has 0 bridgehead atoms. The summed E-state index contributed by atoms with van der Waals surface area (Å²) in [5, 5.41) is 3.30. The van der Waals surface area contributed by atoms with Gasteiger partial charge in [0.1, 0.15) is 12.0 Å². The molecule has 0 aliphatic rings. The van der Waals surface area contributed by atoms with Gasteiger partial charge in [0.05, 0.1) is 0 Å². The Hall–Kier alpha value is -2.47. The summed E-state index contributed by atoms with van der Waals surface area (Å²) in [7, 11) is 0. The molecular formula is C12H10F3N3O2. The molecule has 0 saturated heterocycles. The van der Waals surface area contributed by atoms with Crippen molar-refractivity contribution in [3.05, 3.63) is 45.8 Å². The Morgan fingerprint density at radius 3 is 2.60 bits per heavy atom. The molecule has 0 atom stereocenters. The third-order valence-corrected chi connectivity index (χ3v) is 2.09. The van der Waals surface area contributed by atoms with Crippen molar-refractivity contribution in [3.63, 3.8) is 0 Å². The predicted octanol–water partition coefficient (Wildman–Crippen LogP) is 4.11. The fourth-order valence-electron chi connectivity index (χ4n) is 1.40. The summed E-state index contributed by atoms with van der Waals surface area (Å²) in [4.78, 5) is 13.2. The average Bonchev–Trinajstić information content (AvgIpc) is 2.36. The second-order valence-electron chi connectivity index (χ2n) is 3.65. The van der Waals surface area contributed by atoms with Gasteiger partial charge >= 0.3 is 6.36 Å². The third kappa shape index (κ3) is 5.92. The molecule has 5 nitrogen and oxygen atoms in total. The van der Waals surface area contributed by atoms with Crippen LogP contribution in [0.15, 0.2) is 29.4 Å². The van der Waals surface area contributed by atoms with E-state index < -0.39 is 12.1 Å². The summed E-state index contributed by atoms with van der Waals surface area (Å²) >= 11 is 0. The average molecular weight is 285 g/mol. The number of nitrogens with zero attached hydrogens (tertiary/aromatic N) is 3. The molecule has 1 aromatic carbocycles. The molecule has 0 aliphatic carbocycles. The standard InChI is InChI=1S/C12H10F3N3O2/c13-12(14,15)20-11-6-9(5-10(7-11)8-19)3-1-2-4-17-18-16/h1,3,5-8H,2,4H2. The molecule has 0 aliphatic heterocycles. The van der Waals surface area contributed by atoms with Crippen molar-refractivity contribution in [2.24, 2.45) is 5.11 Å². The maximum absolute atomic E-state index is 12.1. The van der Waals surface area contributed by atoms with Gasteiger partial charge in [-0.05, 0) is 35.7 Å². The van der Waals surface area contributed by atoms with Gasteiger partial charge in [-0.25, -0.2) is 0 Å². The lowest BCUT2D eigenvalue weighted by Gasteiger charge is -2.09. The largest absolute Gasteiger partial charge is 0.573 e. The third-order valence-electron chi connectivity index (χ3n) is 2.09. The highest BCUT2D eigenvalue weighted by Crippen LogP contribution is 2.25. The van der Waals surface area contributed by atoms with Gasteiger partial charge in [-0.3, -0.25) is 4.79 Å². The zero-order valence-corrected chi connectivity index (χ0v) is 10.2. The number of hydrogen-bond acceptors (Lipinski definition) is 3. The van der Waals surface area contributed by atoms with Gasteiger partial charge in [0, 0.05) is 17.0 Å². The Kier molecular flexibility index (Phi) is 5.61. The molecular weight excluding hydrogens is 275 g/mol. The molecule has 0 radical (unpaired) electrons. The molecule has 0 unspecified atom stereocenters. The first-order valence-electron chi connectivity index (χ1n) is 5.48. The number of carbonyl (C=O) groups is 1. The summed E-state index contributed by atoms with van der Waals surface area (Å²) in [6.45, 7) is 0.242. The molecule has 8 heteroatoms. The molecule has 0 N–H and O–H groups in total. The van der Waals surface area contributed by atoms with Crippen LogP contribution in [0.25, 0.3) is 16.5 Å². The number of azide groups is 1. The fraction of sp³-hybridized carbons (Fsp3) is 0.250. The molecule has 0 heterocycles. The van der Waals surface area contributed by atoms with Crippen LogP contribution in [-0.4, -0.2) is 19.2 Å². The first-order chi connectivity index (χ1) is 9.44. The lowest BCUT2D eigenvalue weighted by molar-refractivity contribution is -0.274. The first-order valence-corrected chi connectivity index (χ1v) is 5.48. The van der Waals surface area contributed by atoms with Crippen LogP contribution in [0.2, 0.25) is 0 Å². The smallest absolute Gasteiger partial charge is 0.406 e. The Morgan fingerprint density at radius 2 is 2.00 bits per heavy atom. The Bertz CT molecular complexity index is 549. The van der Waals surface area contributed by atoms with Gasteiger partial charge in [-0.2, -0.15) is 0 Å². The van der Waals surface area contributed by atoms with E-state index in [0.717, 1.165) is 12.1 Å². The fourth-order valence-corrected chi connectivity index (χ4v) is 1.40. The molecule has 0 amide bonds. The van der Waals surface area contributed by atoms with Crippen molar-refractivity contribution in [2.45, 2.75) is 12.8 Å². The first kappa shape index (κ1) is 15.6. The summed E-state index contributed by atoms with van der Waals surface area (Å²) < 4.78 is 40.1. The SMILES string of the molecule is [N-]=[N+]=NCCC=Cc1cc(C=O)cc(OC(F)(F)F)c1. The molecule has 0 aromatic heterocycles. The van der Waals surface area contributed by atoms with Crippen LogP contribution in [0, 0.1) is 0 Å². The van der Waals surface area contributed by atoms with Crippen LogP contribution in [-0.2, 0) is 0 Å². The zero-order chi connectivity index (χ0) is 15.0. The van der Waals surface area contributed by atoms with E-state index in [1.165, 1.54) is 12.1 Å². The highest BCUT2D eigenvalue weighted by atomic mass is 19.4. The van der Waals surface area contributed by atoms with Gasteiger partial charge in [-0.1, -0.05) is 17.3 Å². The van der Waals surface area contributed by atoms with Gasteiger partial charge in [0.2, 0.25) is 0 Å². The lowest BCUT2D eigenvalue weighted by Crippen LogP contribution is -2.17. The van der Waals surface area contributed by atoms with E-state index in [-0.39, 0.29) is 12.1 Å². The van der Waals surface area contributed by atoms with Crippen molar-refractivity contribution in [1.29, 1.82) is 0 Å². The topological polar surface area (TPSA) is 75.1 Å². The highest BCUT2D eigenvalue weighted by molar-refractivity contribution is 5.77. The molecule has 1 rings (SSSR count). The molecule has 0 spiro atoms. The van der Waals surface area contributed by atoms with Gasteiger partial charge in [-0.15, -0.1) is 13.2 Å². The summed E-state index contributed by atoms with van der Waals surface area (Å²) in [5.41, 5.74) is 8.52. The predicted molar refractivity (Wildman–Crippen MR) is 66.2 cm³/mol. The van der Waals surface area contributed by atoms with Crippen molar-refractivity contribution in [1.82, 2.24) is 0 Å². The molecule has 106 valence electrons. The number of rotatable bonds is 6. The summed E-state index contributed by atoms with van der Waals surface area (Å²) in [6.07, 6.45) is -0.811. The second kappa shape index (κ2) is 7.20.